The van der Waals surface area contributed by atoms with Crippen molar-refractivity contribution >= 4 is 17.9 Å². The minimum atomic E-state index is -0.799. The van der Waals surface area contributed by atoms with Crippen LogP contribution in [0.25, 0.3) is 5.69 Å². The molecule has 152 valence electrons. The van der Waals surface area contributed by atoms with Gasteiger partial charge in [0.2, 0.25) is 5.95 Å². The molecule has 29 heavy (non-hydrogen) atoms. The number of amides is 2. The van der Waals surface area contributed by atoms with Gasteiger partial charge in [0.25, 0.3) is 0 Å². The van der Waals surface area contributed by atoms with Crippen LogP contribution in [0.15, 0.2) is 42.7 Å². The summed E-state index contributed by atoms with van der Waals surface area (Å²) in [5, 5.41) is 13.8. The van der Waals surface area contributed by atoms with Crippen molar-refractivity contribution in [2.45, 2.75) is 26.3 Å². The standard InChI is InChI=1S/C19H23N7O3/c1-5-29-16(27)14-11-20-17(25(14)4)21-18(28)22-19(2,3)15-12-26(24-23-15)13-9-7-6-8-10-13/h6-12H,5H2,1-4H3,(H2,20,21,22,28). The summed E-state index contributed by atoms with van der Waals surface area (Å²) in [6.45, 7) is 5.60. The number of anilines is 1. The zero-order chi connectivity index (χ0) is 21.0. The number of imidazole rings is 1. The lowest BCUT2D eigenvalue weighted by molar-refractivity contribution is 0.0515. The molecular formula is C19H23N7O3. The van der Waals surface area contributed by atoms with Gasteiger partial charge >= 0.3 is 12.0 Å². The molecular weight excluding hydrogens is 374 g/mol. The predicted octanol–water partition coefficient (Wildman–Crippen LogP) is 2.23. The Morgan fingerprint density at radius 3 is 2.62 bits per heavy atom. The van der Waals surface area contributed by atoms with Crippen LogP contribution in [0.4, 0.5) is 10.7 Å². The number of rotatable bonds is 6. The molecule has 3 rings (SSSR count). The number of nitrogens with zero attached hydrogens (tertiary/aromatic N) is 5. The molecule has 1 aromatic carbocycles. The lowest BCUT2D eigenvalue weighted by Crippen LogP contribution is -2.44. The molecule has 0 saturated heterocycles. The van der Waals surface area contributed by atoms with Crippen molar-refractivity contribution in [1.82, 2.24) is 29.9 Å². The van der Waals surface area contributed by atoms with Crippen molar-refractivity contribution in [3.63, 3.8) is 0 Å². The van der Waals surface area contributed by atoms with E-state index in [2.05, 4.69) is 25.9 Å². The highest BCUT2D eigenvalue weighted by Crippen LogP contribution is 2.19. The Morgan fingerprint density at radius 2 is 1.93 bits per heavy atom. The molecule has 10 heteroatoms. The van der Waals surface area contributed by atoms with Gasteiger partial charge in [0.1, 0.15) is 11.4 Å². The molecule has 0 saturated carbocycles. The highest BCUT2D eigenvalue weighted by molar-refractivity contribution is 5.91. The van der Waals surface area contributed by atoms with Crippen LogP contribution < -0.4 is 10.6 Å². The smallest absolute Gasteiger partial charge is 0.356 e. The molecule has 0 fully saturated rings. The molecule has 0 unspecified atom stereocenters. The number of ether oxygens (including phenoxy) is 1. The van der Waals surface area contributed by atoms with E-state index >= 15 is 0 Å². The minimum Gasteiger partial charge on any atom is -0.461 e. The topological polar surface area (TPSA) is 116 Å². The number of carbonyl (C=O) groups is 2. The van der Waals surface area contributed by atoms with E-state index in [1.165, 1.54) is 10.8 Å². The van der Waals surface area contributed by atoms with Crippen molar-refractivity contribution in [3.8, 4) is 5.69 Å². The fraction of sp³-hybridized carbons (Fsp3) is 0.316. The van der Waals surface area contributed by atoms with Gasteiger partial charge in [0.05, 0.1) is 30.2 Å². The maximum absolute atomic E-state index is 12.5. The maximum Gasteiger partial charge on any atom is 0.356 e. The second-order valence-corrected chi connectivity index (χ2v) is 6.83. The highest BCUT2D eigenvalue weighted by atomic mass is 16.5. The quantitative estimate of drug-likeness (QED) is 0.616. The van der Waals surface area contributed by atoms with Gasteiger partial charge in [0, 0.05) is 7.05 Å². The first-order valence-corrected chi connectivity index (χ1v) is 9.08. The van der Waals surface area contributed by atoms with Crippen molar-refractivity contribution in [1.29, 1.82) is 0 Å². The molecule has 10 nitrogen and oxygen atoms in total. The van der Waals surface area contributed by atoms with Crippen molar-refractivity contribution in [2.24, 2.45) is 7.05 Å². The van der Waals surface area contributed by atoms with E-state index in [1.54, 1.807) is 24.9 Å². The Labute approximate surface area is 167 Å². The van der Waals surface area contributed by atoms with E-state index in [0.29, 0.717) is 5.69 Å². The van der Waals surface area contributed by atoms with Crippen LogP contribution >= 0.6 is 0 Å². The van der Waals surface area contributed by atoms with Crippen molar-refractivity contribution in [2.75, 3.05) is 11.9 Å². The Morgan fingerprint density at radius 1 is 1.21 bits per heavy atom. The molecule has 2 heterocycles. The number of nitrogens with one attached hydrogen (secondary N) is 2. The fourth-order valence-electron chi connectivity index (χ4n) is 2.66. The third kappa shape index (κ3) is 4.42. The Hall–Kier alpha value is -3.69. The summed E-state index contributed by atoms with van der Waals surface area (Å²) >= 11 is 0. The normalized spacial score (nSPS) is 11.2. The lowest BCUT2D eigenvalue weighted by Gasteiger charge is -2.23. The summed E-state index contributed by atoms with van der Waals surface area (Å²) < 4.78 is 8.05. The van der Waals surface area contributed by atoms with E-state index in [0.717, 1.165) is 5.69 Å². The van der Waals surface area contributed by atoms with Crippen LogP contribution in [-0.2, 0) is 17.3 Å². The third-order valence-electron chi connectivity index (χ3n) is 4.28. The van der Waals surface area contributed by atoms with Crippen LogP contribution in [0, 0.1) is 0 Å². The van der Waals surface area contributed by atoms with Gasteiger partial charge in [-0.15, -0.1) is 5.10 Å². The highest BCUT2D eigenvalue weighted by Gasteiger charge is 2.27. The van der Waals surface area contributed by atoms with Gasteiger partial charge in [0.15, 0.2) is 0 Å². The van der Waals surface area contributed by atoms with E-state index < -0.39 is 17.5 Å². The van der Waals surface area contributed by atoms with Crippen LogP contribution in [0.5, 0.6) is 0 Å². The summed E-state index contributed by atoms with van der Waals surface area (Å²) in [6.07, 6.45) is 3.11. The van der Waals surface area contributed by atoms with Crippen LogP contribution in [0.1, 0.15) is 37.0 Å². The molecule has 2 aromatic heterocycles. The number of benzene rings is 1. The third-order valence-corrected chi connectivity index (χ3v) is 4.28. The maximum atomic E-state index is 12.5. The first-order chi connectivity index (χ1) is 13.8. The van der Waals surface area contributed by atoms with Crippen molar-refractivity contribution < 1.29 is 14.3 Å². The van der Waals surface area contributed by atoms with E-state index in [4.69, 9.17) is 4.74 Å². The number of hydrogen-bond donors (Lipinski definition) is 2. The SMILES string of the molecule is CCOC(=O)c1cnc(NC(=O)NC(C)(C)c2cn(-c3ccccc3)nn2)n1C. The van der Waals surface area contributed by atoms with Gasteiger partial charge < -0.3 is 14.6 Å². The average Bonchev–Trinajstić information content (AvgIpc) is 3.31. The number of para-hydroxylation sites is 1. The fourth-order valence-corrected chi connectivity index (χ4v) is 2.66. The van der Waals surface area contributed by atoms with Gasteiger partial charge in [-0.2, -0.15) is 0 Å². The molecule has 0 bridgehead atoms. The summed E-state index contributed by atoms with van der Waals surface area (Å²) in [6, 6.07) is 9.06. The molecule has 2 N–H and O–H groups in total. The molecule has 3 aromatic rings. The van der Waals surface area contributed by atoms with Gasteiger partial charge in [-0.25, -0.2) is 19.3 Å². The zero-order valence-electron chi connectivity index (χ0n) is 16.7. The molecule has 0 aliphatic heterocycles. The van der Waals surface area contributed by atoms with Gasteiger partial charge in [-0.1, -0.05) is 23.4 Å². The largest absolute Gasteiger partial charge is 0.461 e. The minimum absolute atomic E-state index is 0.217. The van der Waals surface area contributed by atoms with Gasteiger partial charge in [-0.05, 0) is 32.9 Å². The summed E-state index contributed by atoms with van der Waals surface area (Å²) in [5.41, 5.74) is 0.897. The number of carbonyl (C=O) groups excluding carboxylic acids is 2. The lowest BCUT2D eigenvalue weighted by atomic mass is 10.0. The van der Waals surface area contributed by atoms with E-state index in [1.807, 2.05) is 44.2 Å². The monoisotopic (exact) mass is 397 g/mol. The first-order valence-electron chi connectivity index (χ1n) is 9.08. The second kappa shape index (κ2) is 8.13. The van der Waals surface area contributed by atoms with E-state index in [9.17, 15) is 9.59 Å². The predicted molar refractivity (Wildman–Crippen MR) is 106 cm³/mol. The van der Waals surface area contributed by atoms with Crippen molar-refractivity contribution in [3.05, 3.63) is 54.1 Å². The number of esters is 1. The first kappa shape index (κ1) is 20.1. The Kier molecular flexibility index (Phi) is 5.62. The molecule has 0 radical (unpaired) electrons. The number of hydrogen-bond acceptors (Lipinski definition) is 6. The summed E-state index contributed by atoms with van der Waals surface area (Å²) in [4.78, 5) is 28.4. The molecule has 2 amide bonds. The second-order valence-electron chi connectivity index (χ2n) is 6.83. The number of aromatic nitrogens is 5. The van der Waals surface area contributed by atoms with Gasteiger partial charge in [-0.3, -0.25) is 5.32 Å². The molecule has 0 atom stereocenters. The molecule has 0 aliphatic carbocycles. The summed E-state index contributed by atoms with van der Waals surface area (Å²) in [7, 11) is 1.62. The molecule has 0 spiro atoms. The molecule has 0 aliphatic rings. The van der Waals surface area contributed by atoms with Crippen LogP contribution in [0.3, 0.4) is 0 Å². The number of urea groups is 1. The van der Waals surface area contributed by atoms with Crippen LogP contribution in [0.2, 0.25) is 0 Å². The Balaban J connectivity index is 1.69. The Bertz CT molecular complexity index is 1010. The van der Waals surface area contributed by atoms with Crippen LogP contribution in [-0.4, -0.2) is 43.2 Å². The zero-order valence-corrected chi connectivity index (χ0v) is 16.7. The average molecular weight is 397 g/mol. The summed E-state index contributed by atoms with van der Waals surface area (Å²) in [5.74, 6) is -0.289. The van der Waals surface area contributed by atoms with E-state index in [-0.39, 0.29) is 18.2 Å².